The molecule has 0 radical (unpaired) electrons. The Balaban J connectivity index is 1.22. The van der Waals surface area contributed by atoms with Crippen molar-refractivity contribution in [2.75, 3.05) is 26.2 Å². The number of amides is 3. The van der Waals surface area contributed by atoms with Crippen LogP contribution in [0.2, 0.25) is 0 Å². The minimum atomic E-state index is -0.948. The number of carboxylic acid groups (broad SMARTS) is 1. The zero-order valence-electron chi connectivity index (χ0n) is 25.2. The summed E-state index contributed by atoms with van der Waals surface area (Å²) in [6.45, 7) is 7.86. The average Bonchev–Trinajstić information content (AvgIpc) is 3.37. The zero-order chi connectivity index (χ0) is 30.3. The molecule has 0 spiro atoms. The number of hydrogen-bond acceptors (Lipinski definition) is 5. The molecule has 2 aliphatic heterocycles. The fourth-order valence-electron chi connectivity index (χ4n) is 6.06. The van der Waals surface area contributed by atoms with Crippen molar-refractivity contribution in [3.05, 3.63) is 36.0 Å². The van der Waals surface area contributed by atoms with Crippen molar-refractivity contribution in [1.82, 2.24) is 20.1 Å². The maximum atomic E-state index is 13.2. The molecule has 10 heteroatoms. The van der Waals surface area contributed by atoms with E-state index in [1.54, 1.807) is 9.80 Å². The number of likely N-dealkylation sites (tertiary alicyclic amines) is 2. The van der Waals surface area contributed by atoms with Crippen molar-refractivity contribution in [1.29, 1.82) is 0 Å². The van der Waals surface area contributed by atoms with Crippen LogP contribution in [0.25, 0.3) is 10.9 Å². The fourth-order valence-corrected chi connectivity index (χ4v) is 6.06. The number of benzene rings is 1. The fraction of sp³-hybridized carbons (Fsp3) is 0.625. The van der Waals surface area contributed by atoms with Crippen LogP contribution in [0.5, 0.6) is 0 Å². The molecule has 230 valence electrons. The number of nitrogens with zero attached hydrogens (tertiary/aromatic N) is 2. The van der Waals surface area contributed by atoms with Crippen LogP contribution in [0.1, 0.15) is 77.7 Å². The predicted octanol–water partition coefficient (Wildman–Crippen LogP) is 4.73. The molecule has 2 atom stereocenters. The predicted molar refractivity (Wildman–Crippen MR) is 160 cm³/mol. The maximum absolute atomic E-state index is 13.2. The van der Waals surface area contributed by atoms with Crippen LogP contribution in [0, 0.1) is 11.8 Å². The van der Waals surface area contributed by atoms with Gasteiger partial charge in [-0.05, 0) is 83.3 Å². The van der Waals surface area contributed by atoms with Crippen molar-refractivity contribution in [2.45, 2.75) is 90.2 Å². The van der Waals surface area contributed by atoms with E-state index in [0.29, 0.717) is 57.8 Å². The molecule has 2 aliphatic rings. The number of H-pyrrole nitrogens is 1. The van der Waals surface area contributed by atoms with Crippen molar-refractivity contribution in [3.63, 3.8) is 0 Å². The number of carbonyl (C=O) groups is 4. The topological polar surface area (TPSA) is 132 Å². The van der Waals surface area contributed by atoms with Gasteiger partial charge in [-0.15, -0.1) is 0 Å². The van der Waals surface area contributed by atoms with Gasteiger partial charge < -0.3 is 29.9 Å². The third-order valence-corrected chi connectivity index (χ3v) is 8.38. The first-order valence-corrected chi connectivity index (χ1v) is 15.3. The van der Waals surface area contributed by atoms with Gasteiger partial charge in [0.05, 0.1) is 12.3 Å². The number of aromatic amines is 1. The number of para-hydroxylation sites is 1. The van der Waals surface area contributed by atoms with Gasteiger partial charge in [-0.3, -0.25) is 14.4 Å². The lowest BCUT2D eigenvalue weighted by Gasteiger charge is -2.35. The van der Waals surface area contributed by atoms with Crippen LogP contribution in [-0.2, 0) is 25.5 Å². The van der Waals surface area contributed by atoms with E-state index in [0.717, 1.165) is 42.1 Å². The van der Waals surface area contributed by atoms with Gasteiger partial charge in [0.1, 0.15) is 5.60 Å². The molecule has 10 nitrogen and oxygen atoms in total. The summed E-state index contributed by atoms with van der Waals surface area (Å²) in [7, 11) is 0. The van der Waals surface area contributed by atoms with Crippen LogP contribution in [0.15, 0.2) is 30.5 Å². The normalized spacial score (nSPS) is 19.0. The van der Waals surface area contributed by atoms with E-state index in [1.165, 1.54) is 0 Å². The van der Waals surface area contributed by atoms with Gasteiger partial charge >= 0.3 is 12.1 Å². The van der Waals surface area contributed by atoms with E-state index < -0.39 is 17.6 Å². The summed E-state index contributed by atoms with van der Waals surface area (Å²) in [5.74, 6) is -1.03. The summed E-state index contributed by atoms with van der Waals surface area (Å²) in [6, 6.07) is 7.49. The second kappa shape index (κ2) is 14.1. The number of fused-ring (bicyclic) bond motifs is 1. The van der Waals surface area contributed by atoms with Crippen molar-refractivity contribution < 1.29 is 29.0 Å². The number of nitrogens with one attached hydrogen (secondary N) is 2. The maximum Gasteiger partial charge on any atom is 0.410 e. The molecule has 3 amide bonds. The number of aromatic nitrogens is 1. The van der Waals surface area contributed by atoms with Gasteiger partial charge in [0.2, 0.25) is 11.8 Å². The molecule has 42 heavy (non-hydrogen) atoms. The van der Waals surface area contributed by atoms with Crippen molar-refractivity contribution in [2.24, 2.45) is 11.8 Å². The number of hydrogen-bond donors (Lipinski definition) is 3. The van der Waals surface area contributed by atoms with E-state index in [4.69, 9.17) is 4.74 Å². The molecule has 0 aliphatic carbocycles. The van der Waals surface area contributed by atoms with Crippen LogP contribution in [0.4, 0.5) is 4.79 Å². The summed E-state index contributed by atoms with van der Waals surface area (Å²) in [6.07, 6.45) is 7.00. The second-order valence-electron chi connectivity index (χ2n) is 12.8. The van der Waals surface area contributed by atoms with Gasteiger partial charge in [0.25, 0.3) is 0 Å². The lowest BCUT2D eigenvalue weighted by atomic mass is 9.91. The number of ether oxygens (including phenoxy) is 1. The second-order valence-corrected chi connectivity index (χ2v) is 12.8. The van der Waals surface area contributed by atoms with Gasteiger partial charge in [-0.1, -0.05) is 18.2 Å². The molecular formula is C32H46N4O6. The molecular weight excluding hydrogens is 536 g/mol. The van der Waals surface area contributed by atoms with E-state index in [-0.39, 0.29) is 30.2 Å². The molecule has 2 fully saturated rings. The Morgan fingerprint density at radius 1 is 1.07 bits per heavy atom. The quantitative estimate of drug-likeness (QED) is 0.371. The largest absolute Gasteiger partial charge is 0.481 e. The van der Waals surface area contributed by atoms with E-state index in [9.17, 15) is 24.3 Å². The Bertz CT molecular complexity index is 1240. The summed E-state index contributed by atoms with van der Waals surface area (Å²) < 4.78 is 5.47. The average molecular weight is 583 g/mol. The Morgan fingerprint density at radius 3 is 2.52 bits per heavy atom. The van der Waals surface area contributed by atoms with Crippen LogP contribution >= 0.6 is 0 Å². The van der Waals surface area contributed by atoms with Gasteiger partial charge in [0.15, 0.2) is 0 Å². The molecule has 3 N–H and O–H groups in total. The zero-order valence-corrected chi connectivity index (χ0v) is 25.2. The molecule has 2 saturated heterocycles. The first kappa shape index (κ1) is 31.4. The first-order valence-electron chi connectivity index (χ1n) is 15.3. The third-order valence-electron chi connectivity index (χ3n) is 8.38. The Morgan fingerprint density at radius 2 is 1.81 bits per heavy atom. The number of carbonyl (C=O) groups excluding carboxylic acids is 3. The van der Waals surface area contributed by atoms with Gasteiger partial charge in [-0.2, -0.15) is 0 Å². The lowest BCUT2D eigenvalue weighted by molar-refractivity contribution is -0.138. The molecule has 1 aromatic carbocycles. The smallest absolute Gasteiger partial charge is 0.410 e. The Labute approximate surface area is 248 Å². The highest BCUT2D eigenvalue weighted by molar-refractivity contribution is 5.83. The van der Waals surface area contributed by atoms with Crippen molar-refractivity contribution >= 4 is 34.8 Å². The molecule has 0 bridgehead atoms. The molecule has 3 heterocycles. The number of rotatable bonds is 10. The highest BCUT2D eigenvalue weighted by atomic mass is 16.6. The molecule has 1 aromatic heterocycles. The lowest BCUT2D eigenvalue weighted by Crippen LogP contribution is -2.48. The Kier molecular flexibility index (Phi) is 10.5. The van der Waals surface area contributed by atoms with Crippen molar-refractivity contribution in [3.8, 4) is 0 Å². The number of aliphatic carboxylic acids is 1. The summed E-state index contributed by atoms with van der Waals surface area (Å²) in [5, 5.41) is 13.6. The molecule has 0 unspecified atom stereocenters. The van der Waals surface area contributed by atoms with Gasteiger partial charge in [-0.25, -0.2) is 4.79 Å². The highest BCUT2D eigenvalue weighted by Gasteiger charge is 2.31. The van der Waals surface area contributed by atoms with E-state index >= 15 is 0 Å². The van der Waals surface area contributed by atoms with Crippen LogP contribution in [-0.4, -0.2) is 81.6 Å². The first-order chi connectivity index (χ1) is 20.0. The summed E-state index contributed by atoms with van der Waals surface area (Å²) in [4.78, 5) is 56.9. The van der Waals surface area contributed by atoms with Gasteiger partial charge in [0, 0.05) is 55.7 Å². The van der Waals surface area contributed by atoms with E-state index in [1.807, 2.05) is 51.2 Å². The highest BCUT2D eigenvalue weighted by Crippen LogP contribution is 2.25. The standard InChI is InChI=1S/C32H46N4O6/c1-32(2,3)42-31(41)35-17-14-22(15-18-35)10-13-28(37)36-16-6-7-24(21-36)30(40)34-25(19-29(38)39)12-11-23-20-33-27-9-5-4-8-26(23)27/h4-5,8-9,20,22,24-25,33H,6-7,10-19,21H2,1-3H3,(H,34,40)(H,38,39)/t24-,25-/m1/s1. The van der Waals surface area contributed by atoms with Crippen LogP contribution in [0.3, 0.4) is 0 Å². The summed E-state index contributed by atoms with van der Waals surface area (Å²) >= 11 is 0. The number of piperidine rings is 2. The summed E-state index contributed by atoms with van der Waals surface area (Å²) in [5.41, 5.74) is 1.61. The number of aryl methyl sites for hydroxylation is 1. The molecule has 0 saturated carbocycles. The SMILES string of the molecule is CC(C)(C)OC(=O)N1CCC(CCC(=O)N2CCC[C@@H](C(=O)N[C@H](CCc3c[nH]c4ccccc34)CC(=O)O)C2)CC1. The molecule has 4 rings (SSSR count). The Hall–Kier alpha value is -3.56. The third kappa shape index (κ3) is 8.97. The minimum Gasteiger partial charge on any atom is -0.481 e. The monoisotopic (exact) mass is 582 g/mol. The number of carboxylic acids is 1. The molecule has 2 aromatic rings. The van der Waals surface area contributed by atoms with Crippen LogP contribution < -0.4 is 5.32 Å². The van der Waals surface area contributed by atoms with E-state index in [2.05, 4.69) is 10.3 Å². The minimum absolute atomic E-state index is 0.0588.